The first-order valence-corrected chi connectivity index (χ1v) is 3.75. The summed E-state index contributed by atoms with van der Waals surface area (Å²) in [6, 6.07) is 5.34. The summed E-state index contributed by atoms with van der Waals surface area (Å²) in [4.78, 5) is 0. The fourth-order valence-electron chi connectivity index (χ4n) is 0.745. The number of terminal acetylenes is 1. The van der Waals surface area contributed by atoms with E-state index in [0.29, 0.717) is 5.56 Å². The summed E-state index contributed by atoms with van der Waals surface area (Å²) in [6.45, 7) is 0. The molecule has 1 aromatic rings. The molecule has 0 radical (unpaired) electrons. The summed E-state index contributed by atoms with van der Waals surface area (Å²) >= 11 is 3.28. The third kappa shape index (κ3) is 1.98. The van der Waals surface area contributed by atoms with Crippen LogP contribution in [0.5, 0.6) is 0 Å². The van der Waals surface area contributed by atoms with Crippen molar-refractivity contribution in [2.75, 3.05) is 0 Å². The van der Waals surface area contributed by atoms with Gasteiger partial charge in [-0.05, 0) is 0 Å². The van der Waals surface area contributed by atoms with Crippen LogP contribution in [0.4, 0.5) is 0 Å². The van der Waals surface area contributed by atoms with E-state index in [2.05, 4.69) is 27.8 Å². The summed E-state index contributed by atoms with van der Waals surface area (Å²) in [5, 5.41) is 0. The van der Waals surface area contributed by atoms with Crippen LogP contribution in [0.15, 0.2) is 22.7 Å². The number of halogens is 1. The van der Waals surface area contributed by atoms with Gasteiger partial charge in [-0.2, -0.15) is 0 Å². The molecule has 0 nitrogen and oxygen atoms in total. The van der Waals surface area contributed by atoms with Gasteiger partial charge in [-0.15, -0.1) is 0 Å². The summed E-state index contributed by atoms with van der Waals surface area (Å²) in [5.74, 6) is 4.76. The van der Waals surface area contributed by atoms with Crippen molar-refractivity contribution in [2.45, 2.75) is 0 Å². The Morgan fingerprint density at radius 2 is 1.91 bits per heavy atom. The zero-order chi connectivity index (χ0) is 8.27. The Kier molecular flexibility index (Phi) is 2.54. The van der Waals surface area contributed by atoms with Gasteiger partial charge in [-0.1, -0.05) is 0 Å². The minimum absolute atomic E-state index is 0.687. The summed E-state index contributed by atoms with van der Waals surface area (Å²) < 4.78 is 0.878. The van der Waals surface area contributed by atoms with Crippen molar-refractivity contribution in [3.63, 3.8) is 0 Å². The fraction of sp³-hybridized carbons (Fsp3) is 0. The van der Waals surface area contributed by atoms with Crippen LogP contribution in [0.1, 0.15) is 11.1 Å². The first-order valence-electron chi connectivity index (χ1n) is 2.96. The third-order valence-electron chi connectivity index (χ3n) is 1.21. The maximum atomic E-state index is 6.87. The van der Waals surface area contributed by atoms with Crippen LogP contribution in [0, 0.1) is 24.7 Å². The van der Waals surface area contributed by atoms with Gasteiger partial charge in [0.2, 0.25) is 0 Å². The van der Waals surface area contributed by atoms with Crippen molar-refractivity contribution >= 4 is 15.9 Å². The second-order valence-corrected chi connectivity index (χ2v) is 2.91. The van der Waals surface area contributed by atoms with E-state index in [9.17, 15) is 0 Å². The van der Waals surface area contributed by atoms with Gasteiger partial charge >= 0.3 is 74.4 Å². The molecular weight excluding hydrogens is 200 g/mol. The summed E-state index contributed by atoms with van der Waals surface area (Å²) in [7, 11) is 0. The molecule has 0 fully saturated rings. The Morgan fingerprint density at radius 1 is 1.27 bits per heavy atom. The molecule has 0 unspecified atom stereocenters. The predicted molar refractivity (Wildman–Crippen MR) is 48.3 cm³/mol. The third-order valence-corrected chi connectivity index (χ3v) is 1.67. The first kappa shape index (κ1) is 8.14. The van der Waals surface area contributed by atoms with E-state index in [1.165, 1.54) is 0 Å². The molecule has 1 rings (SSSR count). The van der Waals surface area contributed by atoms with Gasteiger partial charge < -0.3 is 0 Å². The zero-order valence-corrected chi connectivity index (χ0v) is 7.27. The Labute approximate surface area is 74.8 Å². The molecule has 0 saturated heterocycles. The van der Waals surface area contributed by atoms with Crippen molar-refractivity contribution in [2.24, 2.45) is 0 Å². The normalized spacial score (nSPS) is 8.55. The Balaban J connectivity index is 3.28. The van der Waals surface area contributed by atoms with Crippen molar-refractivity contribution in [3.8, 4) is 18.3 Å². The van der Waals surface area contributed by atoms with Gasteiger partial charge in [0.15, 0.2) is 0 Å². The van der Waals surface area contributed by atoms with Crippen LogP contribution in [0.2, 0.25) is 0 Å². The predicted octanol–water partition coefficient (Wildman–Crippen LogP) is 2.37. The molecule has 50 valence electrons. The molecule has 0 aliphatic carbocycles. The molecule has 0 amide bonds. The van der Waals surface area contributed by atoms with E-state index in [0.717, 1.165) is 10.0 Å². The van der Waals surface area contributed by atoms with Crippen molar-refractivity contribution in [1.82, 2.24) is 0 Å². The van der Waals surface area contributed by atoms with E-state index < -0.39 is 0 Å². The number of rotatable bonds is 0. The van der Waals surface area contributed by atoms with Crippen LogP contribution in [-0.4, -0.2) is 0 Å². The van der Waals surface area contributed by atoms with Crippen LogP contribution in [0.25, 0.3) is 0 Å². The molecule has 1 heteroatoms. The van der Waals surface area contributed by atoms with Crippen LogP contribution >= 0.6 is 15.9 Å². The fourth-order valence-corrected chi connectivity index (χ4v) is 1.24. The maximum absolute atomic E-state index is 6.87. The molecule has 0 spiro atoms. The van der Waals surface area contributed by atoms with E-state index in [-0.39, 0.29) is 0 Å². The van der Waals surface area contributed by atoms with Gasteiger partial charge in [-0.25, -0.2) is 0 Å². The Bertz CT molecular complexity index is 318. The molecule has 0 heterocycles. The Hall–Kier alpha value is -0.960. The average molecular weight is 204 g/mol. The average Bonchev–Trinajstić information content (AvgIpc) is 2.03. The molecule has 0 aromatic heterocycles. The second-order valence-electron chi connectivity index (χ2n) is 2.00. The molecular formula is C10H4Br+. The van der Waals surface area contributed by atoms with E-state index in [4.69, 9.17) is 12.8 Å². The molecule has 0 N–H and O–H groups in total. The number of hydrogen-bond acceptors (Lipinski definition) is 0. The molecule has 0 atom stereocenters. The molecule has 0 aliphatic heterocycles. The monoisotopic (exact) mass is 203 g/mol. The van der Waals surface area contributed by atoms with Gasteiger partial charge in [0.1, 0.15) is 0 Å². The van der Waals surface area contributed by atoms with Crippen molar-refractivity contribution in [1.29, 1.82) is 0 Å². The van der Waals surface area contributed by atoms with Gasteiger partial charge in [0.25, 0.3) is 0 Å². The number of hydrogen-bond donors (Lipinski definition) is 0. The van der Waals surface area contributed by atoms with E-state index >= 15 is 0 Å². The first-order chi connectivity index (χ1) is 5.26. The Morgan fingerprint density at radius 3 is 2.45 bits per heavy atom. The van der Waals surface area contributed by atoms with Gasteiger partial charge in [0, 0.05) is 0 Å². The van der Waals surface area contributed by atoms with Crippen LogP contribution in [0.3, 0.4) is 0 Å². The van der Waals surface area contributed by atoms with Crippen molar-refractivity contribution in [3.05, 3.63) is 40.2 Å². The van der Waals surface area contributed by atoms with E-state index in [1.54, 1.807) is 12.1 Å². The second kappa shape index (κ2) is 3.44. The van der Waals surface area contributed by atoms with Gasteiger partial charge in [-0.3, -0.25) is 0 Å². The standard InChI is InChI=1S/C10H4Br/c1-3-8-5-9(4-2)7-10(11)6-8/h1,5-7H/q+1. The minimum atomic E-state index is 0.687. The quantitative estimate of drug-likeness (QED) is 0.449. The molecule has 11 heavy (non-hydrogen) atoms. The number of benzene rings is 1. The molecule has 0 saturated carbocycles. The van der Waals surface area contributed by atoms with E-state index in [1.807, 2.05) is 6.07 Å². The molecule has 1 aromatic carbocycles. The van der Waals surface area contributed by atoms with Crippen LogP contribution < -0.4 is 0 Å². The SMILES string of the molecule is [C+]#Cc1cc(Br)cc(C#C)c1. The van der Waals surface area contributed by atoms with Crippen LogP contribution in [-0.2, 0) is 0 Å². The van der Waals surface area contributed by atoms with Gasteiger partial charge in [0.05, 0.1) is 0 Å². The summed E-state index contributed by atoms with van der Waals surface area (Å²) in [5.41, 5.74) is 1.45. The summed E-state index contributed by atoms with van der Waals surface area (Å²) in [6.07, 6.45) is 12.1. The van der Waals surface area contributed by atoms with Crippen molar-refractivity contribution < 1.29 is 0 Å². The molecule has 0 aliphatic rings. The molecule has 0 bridgehead atoms. The topological polar surface area (TPSA) is 0 Å². The zero-order valence-electron chi connectivity index (χ0n) is 5.69.